The molecule has 17 heavy (non-hydrogen) atoms. The van der Waals surface area contributed by atoms with Crippen molar-refractivity contribution < 1.29 is 9.84 Å². The van der Waals surface area contributed by atoms with Crippen LogP contribution < -0.4 is 0 Å². The molecule has 0 bridgehead atoms. The Morgan fingerprint density at radius 3 is 2.00 bits per heavy atom. The summed E-state index contributed by atoms with van der Waals surface area (Å²) in [5, 5.41) is 9.81. The summed E-state index contributed by atoms with van der Waals surface area (Å²) in [6.07, 6.45) is 0.273. The van der Waals surface area contributed by atoms with E-state index in [1.54, 1.807) is 0 Å². The predicted molar refractivity (Wildman–Crippen MR) is 72.1 cm³/mol. The van der Waals surface area contributed by atoms with Crippen LogP contribution in [0.5, 0.6) is 0 Å². The Morgan fingerprint density at radius 2 is 1.59 bits per heavy atom. The Hall–Kier alpha value is -0.160. The van der Waals surface area contributed by atoms with E-state index >= 15 is 0 Å². The van der Waals surface area contributed by atoms with Crippen LogP contribution in [-0.4, -0.2) is 67.1 Å². The molecule has 0 radical (unpaired) electrons. The minimum atomic E-state index is -0.679. The van der Waals surface area contributed by atoms with Crippen molar-refractivity contribution in [1.82, 2.24) is 9.80 Å². The van der Waals surface area contributed by atoms with Crippen molar-refractivity contribution in [3.05, 3.63) is 0 Å². The highest BCUT2D eigenvalue weighted by Gasteiger charge is 2.17. The van der Waals surface area contributed by atoms with Crippen molar-refractivity contribution in [2.75, 3.05) is 33.8 Å². The van der Waals surface area contributed by atoms with Crippen LogP contribution in [0.15, 0.2) is 0 Å². The van der Waals surface area contributed by atoms with Crippen LogP contribution in [0.2, 0.25) is 0 Å². The molecular weight excluding hydrogens is 216 g/mol. The van der Waals surface area contributed by atoms with Crippen LogP contribution in [0.4, 0.5) is 0 Å². The molecule has 0 fully saturated rings. The van der Waals surface area contributed by atoms with Crippen molar-refractivity contribution in [2.45, 2.75) is 52.5 Å². The fraction of sp³-hybridized carbons (Fsp3) is 1.00. The Labute approximate surface area is 107 Å². The first-order chi connectivity index (χ1) is 7.84. The summed E-state index contributed by atoms with van der Waals surface area (Å²) in [6.45, 7) is 10.7. The number of rotatable bonds is 9. The van der Waals surface area contributed by atoms with Gasteiger partial charge < -0.3 is 14.7 Å². The summed E-state index contributed by atoms with van der Waals surface area (Å²) >= 11 is 0. The van der Waals surface area contributed by atoms with Crippen LogP contribution in [0.25, 0.3) is 0 Å². The van der Waals surface area contributed by atoms with Crippen LogP contribution in [0, 0.1) is 0 Å². The molecule has 0 saturated heterocycles. The van der Waals surface area contributed by atoms with E-state index in [1.165, 1.54) is 0 Å². The normalized spacial score (nSPS) is 14.3. The lowest BCUT2D eigenvalue weighted by Gasteiger charge is -2.32. The van der Waals surface area contributed by atoms with Crippen molar-refractivity contribution in [3.8, 4) is 0 Å². The van der Waals surface area contributed by atoms with Crippen LogP contribution in [0.3, 0.4) is 0 Å². The lowest BCUT2D eigenvalue weighted by atomic mass is 10.2. The van der Waals surface area contributed by atoms with E-state index in [0.717, 1.165) is 13.0 Å². The monoisotopic (exact) mass is 246 g/mol. The SMILES string of the molecule is CC(C)N(CC(O)OCCCN(C)C)C(C)C. The van der Waals surface area contributed by atoms with Gasteiger partial charge in [-0.2, -0.15) is 0 Å². The van der Waals surface area contributed by atoms with E-state index in [4.69, 9.17) is 4.74 Å². The van der Waals surface area contributed by atoms with Gasteiger partial charge in [-0.3, -0.25) is 4.90 Å². The van der Waals surface area contributed by atoms with Crippen molar-refractivity contribution >= 4 is 0 Å². The summed E-state index contributed by atoms with van der Waals surface area (Å²) in [5.41, 5.74) is 0. The molecule has 1 unspecified atom stereocenters. The largest absolute Gasteiger partial charge is 0.367 e. The third-order valence-electron chi connectivity index (χ3n) is 2.75. The van der Waals surface area contributed by atoms with Gasteiger partial charge in [0.15, 0.2) is 6.29 Å². The molecule has 0 aromatic rings. The first kappa shape index (κ1) is 16.8. The molecular formula is C13H30N2O2. The third kappa shape index (κ3) is 8.55. The van der Waals surface area contributed by atoms with E-state index in [-0.39, 0.29) is 0 Å². The Morgan fingerprint density at radius 1 is 1.06 bits per heavy atom. The lowest BCUT2D eigenvalue weighted by Crippen LogP contribution is -2.43. The summed E-state index contributed by atoms with van der Waals surface area (Å²) in [7, 11) is 4.07. The molecule has 0 aromatic heterocycles. The number of aliphatic hydroxyl groups excluding tert-OH is 1. The summed E-state index contributed by atoms with van der Waals surface area (Å²) in [4.78, 5) is 4.35. The molecule has 0 saturated carbocycles. The average Bonchev–Trinajstić information content (AvgIpc) is 2.19. The second-order valence-corrected chi connectivity index (χ2v) is 5.37. The van der Waals surface area contributed by atoms with E-state index in [9.17, 15) is 5.11 Å². The second kappa shape index (κ2) is 8.86. The van der Waals surface area contributed by atoms with Crippen molar-refractivity contribution in [3.63, 3.8) is 0 Å². The summed E-state index contributed by atoms with van der Waals surface area (Å²) in [6, 6.07) is 0.852. The highest BCUT2D eigenvalue weighted by molar-refractivity contribution is 4.68. The second-order valence-electron chi connectivity index (χ2n) is 5.37. The zero-order valence-corrected chi connectivity index (χ0v) is 12.3. The van der Waals surface area contributed by atoms with Gasteiger partial charge in [0.05, 0.1) is 6.61 Å². The quantitative estimate of drug-likeness (QED) is 0.493. The zero-order chi connectivity index (χ0) is 13.4. The van der Waals surface area contributed by atoms with E-state index in [2.05, 4.69) is 37.5 Å². The maximum absolute atomic E-state index is 9.81. The standard InChI is InChI=1S/C13H30N2O2/c1-11(2)15(12(3)4)10-13(16)17-9-7-8-14(5)6/h11-13,16H,7-10H2,1-6H3. The van der Waals surface area contributed by atoms with E-state index < -0.39 is 6.29 Å². The first-order valence-electron chi connectivity index (χ1n) is 6.54. The first-order valence-corrected chi connectivity index (χ1v) is 6.54. The fourth-order valence-corrected chi connectivity index (χ4v) is 1.85. The molecule has 4 heteroatoms. The Kier molecular flexibility index (Phi) is 8.78. The van der Waals surface area contributed by atoms with E-state index in [0.29, 0.717) is 25.2 Å². The van der Waals surface area contributed by atoms with Gasteiger partial charge in [-0.25, -0.2) is 0 Å². The molecule has 0 aliphatic rings. The van der Waals surface area contributed by atoms with Gasteiger partial charge in [0.2, 0.25) is 0 Å². The number of aliphatic hydroxyl groups is 1. The molecule has 0 heterocycles. The number of nitrogens with zero attached hydrogens (tertiary/aromatic N) is 2. The smallest absolute Gasteiger partial charge is 0.167 e. The van der Waals surface area contributed by atoms with Gasteiger partial charge in [0, 0.05) is 18.6 Å². The Bertz CT molecular complexity index is 176. The number of hydrogen-bond donors (Lipinski definition) is 1. The molecule has 4 nitrogen and oxygen atoms in total. The fourth-order valence-electron chi connectivity index (χ4n) is 1.85. The molecule has 1 atom stereocenters. The van der Waals surface area contributed by atoms with Crippen molar-refractivity contribution in [1.29, 1.82) is 0 Å². The van der Waals surface area contributed by atoms with Crippen LogP contribution >= 0.6 is 0 Å². The van der Waals surface area contributed by atoms with E-state index in [1.807, 2.05) is 14.1 Å². The molecule has 0 aliphatic carbocycles. The molecule has 104 valence electrons. The molecule has 0 amide bonds. The van der Waals surface area contributed by atoms with Crippen LogP contribution in [0.1, 0.15) is 34.1 Å². The summed E-state index contributed by atoms with van der Waals surface area (Å²) < 4.78 is 5.41. The van der Waals surface area contributed by atoms with Gasteiger partial charge in [0.25, 0.3) is 0 Å². The minimum Gasteiger partial charge on any atom is -0.367 e. The maximum atomic E-state index is 9.81. The van der Waals surface area contributed by atoms with Gasteiger partial charge in [0.1, 0.15) is 0 Å². The van der Waals surface area contributed by atoms with Crippen LogP contribution in [-0.2, 0) is 4.74 Å². The molecule has 0 aromatic carbocycles. The average molecular weight is 246 g/mol. The van der Waals surface area contributed by atoms with Gasteiger partial charge in [-0.05, 0) is 54.8 Å². The minimum absolute atomic E-state index is 0.426. The number of ether oxygens (including phenoxy) is 1. The number of hydrogen-bond acceptors (Lipinski definition) is 4. The Balaban J connectivity index is 3.79. The van der Waals surface area contributed by atoms with Gasteiger partial charge in [-0.1, -0.05) is 0 Å². The highest BCUT2D eigenvalue weighted by atomic mass is 16.6. The maximum Gasteiger partial charge on any atom is 0.167 e. The predicted octanol–water partition coefficient (Wildman–Crippen LogP) is 1.39. The van der Waals surface area contributed by atoms with Crippen molar-refractivity contribution in [2.24, 2.45) is 0 Å². The van der Waals surface area contributed by atoms with Gasteiger partial charge >= 0.3 is 0 Å². The molecule has 0 rings (SSSR count). The molecule has 0 spiro atoms. The third-order valence-corrected chi connectivity index (χ3v) is 2.75. The topological polar surface area (TPSA) is 35.9 Å². The highest BCUT2D eigenvalue weighted by Crippen LogP contribution is 2.06. The zero-order valence-electron chi connectivity index (χ0n) is 12.3. The molecule has 0 aliphatic heterocycles. The lowest BCUT2D eigenvalue weighted by molar-refractivity contribution is -0.121. The van der Waals surface area contributed by atoms with Gasteiger partial charge in [-0.15, -0.1) is 0 Å². The molecule has 1 N–H and O–H groups in total. The summed E-state index contributed by atoms with van der Waals surface area (Å²) in [5.74, 6) is 0.